The minimum absolute atomic E-state index is 0.129. The van der Waals surface area contributed by atoms with Gasteiger partial charge in [-0.1, -0.05) is 23.7 Å². The van der Waals surface area contributed by atoms with Crippen molar-refractivity contribution in [3.8, 4) is 0 Å². The molecule has 3 heteroatoms. The van der Waals surface area contributed by atoms with Gasteiger partial charge < -0.3 is 5.32 Å². The number of carbonyl (C=O) groups excluding carboxylic acids is 1. The van der Waals surface area contributed by atoms with Crippen LogP contribution in [-0.2, 0) is 4.79 Å². The number of hydrogen-bond donors (Lipinski definition) is 1. The summed E-state index contributed by atoms with van der Waals surface area (Å²) in [5, 5.41) is 5.27. The summed E-state index contributed by atoms with van der Waals surface area (Å²) in [5.74, 6) is -0.129. The number of benzene rings is 2. The normalized spacial score (nSPS) is 10.3. The van der Waals surface area contributed by atoms with Crippen molar-refractivity contribution in [3.63, 3.8) is 0 Å². The topological polar surface area (TPSA) is 29.1 Å². The lowest BCUT2D eigenvalue weighted by atomic mass is 10.1. The molecule has 0 saturated carbocycles. The Morgan fingerprint density at radius 2 is 2.20 bits per heavy atom. The van der Waals surface area contributed by atoms with E-state index in [1.54, 1.807) is 0 Å². The second-order valence-corrected chi connectivity index (χ2v) is 3.69. The lowest BCUT2D eigenvalue weighted by molar-refractivity contribution is -0.114. The molecule has 0 bridgehead atoms. The van der Waals surface area contributed by atoms with Crippen LogP contribution in [0.15, 0.2) is 30.3 Å². The van der Waals surface area contributed by atoms with Crippen molar-refractivity contribution in [2.24, 2.45) is 0 Å². The molecule has 0 aliphatic rings. The fourth-order valence-electron chi connectivity index (χ4n) is 1.44. The highest BCUT2D eigenvalue weighted by Gasteiger charge is 2.03. The van der Waals surface area contributed by atoms with Crippen molar-refractivity contribution in [2.45, 2.75) is 6.92 Å². The van der Waals surface area contributed by atoms with Crippen molar-refractivity contribution in [1.29, 1.82) is 0 Å². The van der Waals surface area contributed by atoms with Crippen LogP contribution in [0.3, 0.4) is 0 Å². The number of halogens is 1. The predicted octanol–water partition coefficient (Wildman–Crippen LogP) is 3.25. The number of anilines is 1. The number of rotatable bonds is 1. The Hall–Kier alpha value is -1.54. The zero-order valence-corrected chi connectivity index (χ0v) is 8.93. The van der Waals surface area contributed by atoms with Gasteiger partial charge in [-0.2, -0.15) is 0 Å². The Kier molecular flexibility index (Phi) is 2.60. The largest absolute Gasteiger partial charge is 0.325 e. The van der Waals surface area contributed by atoms with E-state index in [0.29, 0.717) is 10.7 Å². The van der Waals surface area contributed by atoms with E-state index >= 15 is 0 Å². The minimum Gasteiger partial charge on any atom is -0.325 e. The maximum absolute atomic E-state index is 10.9. The fourth-order valence-corrected chi connectivity index (χ4v) is 1.66. The first kappa shape index (κ1) is 9.99. The van der Waals surface area contributed by atoms with Gasteiger partial charge in [0.05, 0.1) is 10.7 Å². The van der Waals surface area contributed by atoms with Crippen molar-refractivity contribution in [1.82, 2.24) is 0 Å². The second-order valence-electron chi connectivity index (χ2n) is 3.29. The van der Waals surface area contributed by atoms with E-state index in [2.05, 4.69) is 11.4 Å². The van der Waals surface area contributed by atoms with Crippen LogP contribution in [0.25, 0.3) is 10.8 Å². The second kappa shape index (κ2) is 3.91. The van der Waals surface area contributed by atoms with Gasteiger partial charge in [0.2, 0.25) is 5.91 Å². The number of hydrogen-bond acceptors (Lipinski definition) is 1. The molecule has 1 N–H and O–H groups in total. The molecule has 0 unspecified atom stereocenters. The maximum Gasteiger partial charge on any atom is 0.221 e. The predicted molar refractivity (Wildman–Crippen MR) is 62.1 cm³/mol. The van der Waals surface area contributed by atoms with Gasteiger partial charge in [0, 0.05) is 6.92 Å². The molecule has 0 saturated heterocycles. The molecule has 2 aromatic rings. The molecule has 0 atom stereocenters. The Labute approximate surface area is 92.9 Å². The van der Waals surface area contributed by atoms with E-state index in [1.807, 2.05) is 30.3 Å². The third-order valence-electron chi connectivity index (χ3n) is 2.08. The van der Waals surface area contributed by atoms with E-state index < -0.39 is 0 Å². The van der Waals surface area contributed by atoms with E-state index in [-0.39, 0.29) is 5.91 Å². The summed E-state index contributed by atoms with van der Waals surface area (Å²) in [5.41, 5.74) is 0.635. The average molecular weight is 219 g/mol. The minimum atomic E-state index is -0.129. The van der Waals surface area contributed by atoms with E-state index in [4.69, 9.17) is 11.6 Å². The molecule has 0 aliphatic heterocycles. The summed E-state index contributed by atoms with van der Waals surface area (Å²) in [7, 11) is 0. The summed E-state index contributed by atoms with van der Waals surface area (Å²) in [6.45, 7) is 1.46. The smallest absolute Gasteiger partial charge is 0.221 e. The fraction of sp³-hybridized carbons (Fsp3) is 0.0833. The molecular formula is C12H9ClNO. The van der Waals surface area contributed by atoms with E-state index in [1.165, 1.54) is 6.92 Å². The third-order valence-corrected chi connectivity index (χ3v) is 2.39. The number of nitrogens with one attached hydrogen (secondary N) is 1. The number of fused-ring (bicyclic) bond motifs is 1. The summed E-state index contributed by atoms with van der Waals surface area (Å²) in [6.07, 6.45) is 0. The summed E-state index contributed by atoms with van der Waals surface area (Å²) >= 11 is 6.02. The Morgan fingerprint density at radius 3 is 2.93 bits per heavy atom. The summed E-state index contributed by atoms with van der Waals surface area (Å²) in [6, 6.07) is 12.3. The molecule has 15 heavy (non-hydrogen) atoms. The van der Waals surface area contributed by atoms with Gasteiger partial charge >= 0.3 is 0 Å². The van der Waals surface area contributed by atoms with Crippen molar-refractivity contribution < 1.29 is 4.79 Å². The molecule has 2 rings (SSSR count). The number of carbonyl (C=O) groups is 1. The van der Waals surface area contributed by atoms with Crippen LogP contribution in [-0.4, -0.2) is 5.91 Å². The molecule has 0 spiro atoms. The number of amides is 1. The van der Waals surface area contributed by atoms with Gasteiger partial charge in [-0.25, -0.2) is 0 Å². The van der Waals surface area contributed by atoms with Crippen LogP contribution in [0.5, 0.6) is 0 Å². The van der Waals surface area contributed by atoms with Gasteiger partial charge in [0.25, 0.3) is 0 Å². The highest BCUT2D eigenvalue weighted by Crippen LogP contribution is 2.27. The first-order valence-electron chi connectivity index (χ1n) is 4.54. The molecule has 1 amide bonds. The SMILES string of the molecule is CC(=O)Nc1cc2c[c]ccc2cc1Cl. The molecule has 0 heterocycles. The van der Waals surface area contributed by atoms with Crippen LogP contribution in [0.1, 0.15) is 6.92 Å². The highest BCUT2D eigenvalue weighted by atomic mass is 35.5. The van der Waals surface area contributed by atoms with Crippen molar-refractivity contribution >= 4 is 34.0 Å². The van der Waals surface area contributed by atoms with Crippen LogP contribution in [0, 0.1) is 6.07 Å². The van der Waals surface area contributed by atoms with Crippen molar-refractivity contribution in [2.75, 3.05) is 5.32 Å². The zero-order chi connectivity index (χ0) is 10.8. The first-order chi connectivity index (χ1) is 7.16. The lowest BCUT2D eigenvalue weighted by Gasteiger charge is -2.06. The molecule has 2 nitrogen and oxygen atoms in total. The van der Waals surface area contributed by atoms with Gasteiger partial charge in [-0.15, -0.1) is 0 Å². The lowest BCUT2D eigenvalue weighted by Crippen LogP contribution is -2.06. The molecule has 2 aromatic carbocycles. The average Bonchev–Trinajstić information content (AvgIpc) is 2.18. The van der Waals surface area contributed by atoms with Crippen LogP contribution in [0.4, 0.5) is 5.69 Å². The summed E-state index contributed by atoms with van der Waals surface area (Å²) < 4.78 is 0. The standard InChI is InChI=1S/C12H9ClNO/c1-8(15)14-12-7-10-5-3-2-4-9(10)6-11(12)13/h2,4-7H,1H3,(H,14,15). The molecule has 75 valence electrons. The molecule has 0 aromatic heterocycles. The third kappa shape index (κ3) is 2.10. The van der Waals surface area contributed by atoms with Gasteiger partial charge in [-0.3, -0.25) is 4.79 Å². The van der Waals surface area contributed by atoms with Crippen molar-refractivity contribution in [3.05, 3.63) is 41.4 Å². The van der Waals surface area contributed by atoms with E-state index in [9.17, 15) is 4.79 Å². The Morgan fingerprint density at radius 1 is 1.40 bits per heavy atom. The van der Waals surface area contributed by atoms with Crippen LogP contribution in [0.2, 0.25) is 5.02 Å². The molecule has 1 radical (unpaired) electrons. The van der Waals surface area contributed by atoms with Crippen LogP contribution >= 0.6 is 11.6 Å². The molecule has 0 aliphatic carbocycles. The van der Waals surface area contributed by atoms with Gasteiger partial charge in [0.15, 0.2) is 0 Å². The quantitative estimate of drug-likeness (QED) is 0.782. The Balaban J connectivity index is 2.56. The molecular weight excluding hydrogens is 210 g/mol. The Bertz CT molecular complexity index is 522. The first-order valence-corrected chi connectivity index (χ1v) is 4.91. The highest BCUT2D eigenvalue weighted by molar-refractivity contribution is 6.34. The zero-order valence-electron chi connectivity index (χ0n) is 8.17. The monoisotopic (exact) mass is 218 g/mol. The summed E-state index contributed by atoms with van der Waals surface area (Å²) in [4.78, 5) is 10.9. The van der Waals surface area contributed by atoms with Gasteiger partial charge in [-0.05, 0) is 35.0 Å². The van der Waals surface area contributed by atoms with Crippen LogP contribution < -0.4 is 5.32 Å². The van der Waals surface area contributed by atoms with Gasteiger partial charge in [0.1, 0.15) is 0 Å². The molecule has 0 fully saturated rings. The maximum atomic E-state index is 10.9. The van der Waals surface area contributed by atoms with E-state index in [0.717, 1.165) is 10.8 Å².